The molecule has 0 unspecified atom stereocenters. The highest BCUT2D eigenvalue weighted by atomic mass is 35.5. The van der Waals surface area contributed by atoms with Gasteiger partial charge in [0.05, 0.1) is 16.2 Å². The summed E-state index contributed by atoms with van der Waals surface area (Å²) >= 11 is 6.48. The van der Waals surface area contributed by atoms with Gasteiger partial charge in [0, 0.05) is 37.9 Å². The van der Waals surface area contributed by atoms with Crippen LogP contribution in [-0.2, 0) is 0 Å². The number of H-pyrrole nitrogens is 1. The quantitative estimate of drug-likeness (QED) is 0.719. The number of ether oxygens (including phenoxy) is 1. The number of nitrogens with zero attached hydrogens (tertiary/aromatic N) is 4. The largest absolute Gasteiger partial charge is 0.461 e. The van der Waals surface area contributed by atoms with E-state index in [1.165, 1.54) is 6.42 Å². The number of hydrogen-bond donors (Lipinski definition) is 2. The van der Waals surface area contributed by atoms with Crippen molar-refractivity contribution in [2.75, 3.05) is 31.1 Å². The summed E-state index contributed by atoms with van der Waals surface area (Å²) in [6.07, 6.45) is 5.48. The molecular weight excluding hydrogens is 364 g/mol. The fourth-order valence-electron chi connectivity index (χ4n) is 3.41. The van der Waals surface area contributed by atoms with E-state index in [9.17, 15) is 0 Å². The van der Waals surface area contributed by atoms with Crippen LogP contribution >= 0.6 is 11.6 Å². The Morgan fingerprint density at radius 1 is 1.15 bits per heavy atom. The number of fused-ring (bicyclic) bond motifs is 1. The predicted octanol–water partition coefficient (Wildman–Crippen LogP) is 3.01. The van der Waals surface area contributed by atoms with E-state index < -0.39 is 0 Å². The lowest BCUT2D eigenvalue weighted by atomic mass is 9.96. The molecule has 2 N–H and O–H groups in total. The van der Waals surface area contributed by atoms with Crippen LogP contribution in [0.3, 0.4) is 0 Å². The molecule has 0 radical (unpaired) electrons. The van der Waals surface area contributed by atoms with Crippen molar-refractivity contribution < 1.29 is 4.74 Å². The second kappa shape index (κ2) is 6.98. The molecule has 1 aliphatic heterocycles. The number of aromatic amines is 1. The van der Waals surface area contributed by atoms with Gasteiger partial charge in [-0.25, -0.2) is 9.97 Å². The highest BCUT2D eigenvalue weighted by Crippen LogP contribution is 2.31. The van der Waals surface area contributed by atoms with Gasteiger partial charge in [-0.15, -0.1) is 0 Å². The Balaban J connectivity index is 1.42. The first-order valence-electron chi connectivity index (χ1n) is 9.41. The molecule has 5 rings (SSSR count). The normalized spacial score (nSPS) is 17.9. The van der Waals surface area contributed by atoms with Crippen LogP contribution in [0.2, 0.25) is 5.02 Å². The average molecular weight is 385 g/mol. The Labute approximate surface area is 162 Å². The predicted molar refractivity (Wildman–Crippen MR) is 105 cm³/mol. The topological polar surface area (TPSA) is 79.0 Å². The third kappa shape index (κ3) is 3.33. The van der Waals surface area contributed by atoms with Crippen LogP contribution in [0.4, 0.5) is 5.82 Å². The van der Waals surface area contributed by atoms with E-state index in [-0.39, 0.29) is 6.10 Å². The molecule has 8 heteroatoms. The van der Waals surface area contributed by atoms with E-state index in [0.29, 0.717) is 22.4 Å². The molecule has 2 fully saturated rings. The van der Waals surface area contributed by atoms with E-state index >= 15 is 0 Å². The summed E-state index contributed by atoms with van der Waals surface area (Å²) in [6, 6.07) is 6.41. The van der Waals surface area contributed by atoms with Gasteiger partial charge < -0.3 is 19.9 Å². The molecule has 7 nitrogen and oxygen atoms in total. The number of halogens is 1. The summed E-state index contributed by atoms with van der Waals surface area (Å²) < 4.78 is 5.83. The second-order valence-corrected chi connectivity index (χ2v) is 7.45. The van der Waals surface area contributed by atoms with E-state index in [2.05, 4.69) is 30.2 Å². The molecule has 1 saturated carbocycles. The monoisotopic (exact) mass is 384 g/mol. The van der Waals surface area contributed by atoms with Crippen molar-refractivity contribution in [1.82, 2.24) is 25.3 Å². The maximum atomic E-state index is 6.48. The zero-order chi connectivity index (χ0) is 18.2. The Morgan fingerprint density at radius 2 is 2.00 bits per heavy atom. The fraction of sp³-hybridized carbons (Fsp3) is 0.421. The molecule has 2 aliphatic rings. The molecule has 0 bridgehead atoms. The Morgan fingerprint density at radius 3 is 2.70 bits per heavy atom. The highest BCUT2D eigenvalue weighted by molar-refractivity contribution is 6.33. The molecular formula is C19H21ClN6O. The van der Waals surface area contributed by atoms with E-state index in [0.717, 1.165) is 55.9 Å². The summed E-state index contributed by atoms with van der Waals surface area (Å²) in [7, 11) is 0. The third-order valence-corrected chi connectivity index (χ3v) is 5.49. The smallest absolute Gasteiger partial charge is 0.296 e. The van der Waals surface area contributed by atoms with Crippen LogP contribution in [0.1, 0.15) is 19.3 Å². The minimum Gasteiger partial charge on any atom is -0.461 e. The zero-order valence-corrected chi connectivity index (χ0v) is 15.7. The van der Waals surface area contributed by atoms with Gasteiger partial charge >= 0.3 is 0 Å². The summed E-state index contributed by atoms with van der Waals surface area (Å²) in [6.45, 7) is 3.90. The maximum Gasteiger partial charge on any atom is 0.296 e. The number of anilines is 1. The first kappa shape index (κ1) is 16.8. The molecule has 4 heterocycles. The van der Waals surface area contributed by atoms with Crippen LogP contribution in [-0.4, -0.2) is 52.2 Å². The van der Waals surface area contributed by atoms with Crippen LogP contribution < -0.4 is 15.0 Å². The Hall–Kier alpha value is -2.38. The molecule has 3 aromatic rings. The van der Waals surface area contributed by atoms with Gasteiger partial charge in [-0.05, 0) is 37.5 Å². The third-order valence-electron chi connectivity index (χ3n) is 5.20. The summed E-state index contributed by atoms with van der Waals surface area (Å²) in [5.74, 6) is 0.980. The number of nitrogens with one attached hydrogen (secondary N) is 2. The molecule has 1 saturated heterocycles. The summed E-state index contributed by atoms with van der Waals surface area (Å²) in [4.78, 5) is 19.2. The van der Waals surface area contributed by atoms with Gasteiger partial charge in [-0.3, -0.25) is 0 Å². The Kier molecular flexibility index (Phi) is 4.33. The van der Waals surface area contributed by atoms with E-state index in [4.69, 9.17) is 16.3 Å². The lowest BCUT2D eigenvalue weighted by Crippen LogP contribution is -2.43. The number of rotatable bonds is 4. The van der Waals surface area contributed by atoms with Crippen LogP contribution in [0, 0.1) is 0 Å². The fourth-order valence-corrected chi connectivity index (χ4v) is 3.67. The second-order valence-electron chi connectivity index (χ2n) is 7.04. The van der Waals surface area contributed by atoms with Crippen molar-refractivity contribution in [3.05, 3.63) is 29.4 Å². The SMILES string of the molecule is Clc1cc2[nH]c(OC3CCC3)nc2nc1-c1ccc(N2CCNCC2)nc1. The number of piperazine rings is 1. The molecule has 0 spiro atoms. The van der Waals surface area contributed by atoms with Gasteiger partial charge in [-0.1, -0.05) is 11.6 Å². The molecule has 0 aromatic carbocycles. The van der Waals surface area contributed by atoms with Gasteiger partial charge in [0.15, 0.2) is 5.65 Å². The van der Waals surface area contributed by atoms with Gasteiger partial charge in [-0.2, -0.15) is 4.98 Å². The van der Waals surface area contributed by atoms with Crippen molar-refractivity contribution in [3.63, 3.8) is 0 Å². The van der Waals surface area contributed by atoms with Crippen molar-refractivity contribution >= 4 is 28.6 Å². The van der Waals surface area contributed by atoms with Crippen molar-refractivity contribution in [2.24, 2.45) is 0 Å². The summed E-state index contributed by atoms with van der Waals surface area (Å²) in [5, 5.41) is 3.92. The Bertz CT molecular complexity index is 947. The molecule has 3 aromatic heterocycles. The van der Waals surface area contributed by atoms with Crippen molar-refractivity contribution in [1.29, 1.82) is 0 Å². The van der Waals surface area contributed by atoms with Crippen molar-refractivity contribution in [2.45, 2.75) is 25.4 Å². The minimum absolute atomic E-state index is 0.266. The first-order chi connectivity index (χ1) is 13.3. The zero-order valence-electron chi connectivity index (χ0n) is 14.9. The number of pyridine rings is 2. The van der Waals surface area contributed by atoms with E-state index in [1.54, 1.807) is 0 Å². The maximum absolute atomic E-state index is 6.48. The van der Waals surface area contributed by atoms with Gasteiger partial charge in [0.1, 0.15) is 11.9 Å². The van der Waals surface area contributed by atoms with Crippen LogP contribution in [0.5, 0.6) is 6.01 Å². The molecule has 27 heavy (non-hydrogen) atoms. The van der Waals surface area contributed by atoms with E-state index in [1.807, 2.05) is 24.4 Å². The number of hydrogen-bond acceptors (Lipinski definition) is 6. The van der Waals surface area contributed by atoms with Gasteiger partial charge in [0.25, 0.3) is 6.01 Å². The molecule has 140 valence electrons. The number of aromatic nitrogens is 4. The highest BCUT2D eigenvalue weighted by Gasteiger charge is 2.21. The lowest BCUT2D eigenvalue weighted by Gasteiger charge is -2.28. The average Bonchev–Trinajstić information content (AvgIpc) is 3.06. The molecule has 1 aliphatic carbocycles. The lowest BCUT2D eigenvalue weighted by molar-refractivity contribution is 0.110. The minimum atomic E-state index is 0.266. The van der Waals surface area contributed by atoms with Crippen LogP contribution in [0.25, 0.3) is 22.4 Å². The molecule has 0 atom stereocenters. The summed E-state index contributed by atoms with van der Waals surface area (Å²) in [5.41, 5.74) is 2.95. The standard InChI is InChI=1S/C19H21ClN6O/c20-14-10-15-18(25-19(23-15)27-13-2-1-3-13)24-17(14)12-4-5-16(22-11-12)26-8-6-21-7-9-26/h4-5,10-11,13,21H,1-3,6-9H2,(H,23,24,25). The number of imidazole rings is 1. The van der Waals surface area contributed by atoms with Crippen molar-refractivity contribution in [3.8, 4) is 17.3 Å². The first-order valence-corrected chi connectivity index (χ1v) is 9.79. The van der Waals surface area contributed by atoms with Crippen LogP contribution in [0.15, 0.2) is 24.4 Å². The molecule has 0 amide bonds. The van der Waals surface area contributed by atoms with Gasteiger partial charge in [0.2, 0.25) is 0 Å².